The lowest BCUT2D eigenvalue weighted by Gasteiger charge is -2.24. The standard InChI is InChI=1S/C19H28N2O4/c1-24-13-14-25-12-9-18(22)20-17(15-16-7-3-2-4-8-16)19(23)21-10-5-6-11-21/h2-4,7-8,17H,5-6,9-15H2,1H3,(H,20,22)/t17-/m0/s1. The molecule has 0 spiro atoms. The smallest absolute Gasteiger partial charge is 0.245 e. The van der Waals surface area contributed by atoms with Gasteiger partial charge in [-0.25, -0.2) is 0 Å². The lowest BCUT2D eigenvalue weighted by Crippen LogP contribution is -2.49. The second-order valence-electron chi connectivity index (χ2n) is 6.20. The van der Waals surface area contributed by atoms with Gasteiger partial charge in [-0.2, -0.15) is 0 Å². The third kappa shape index (κ3) is 6.84. The van der Waals surface area contributed by atoms with Crippen LogP contribution in [0.1, 0.15) is 24.8 Å². The summed E-state index contributed by atoms with van der Waals surface area (Å²) in [6.45, 7) is 2.85. The van der Waals surface area contributed by atoms with E-state index < -0.39 is 6.04 Å². The molecule has 0 radical (unpaired) electrons. The predicted molar refractivity (Wildman–Crippen MR) is 95.2 cm³/mol. The molecule has 1 fully saturated rings. The summed E-state index contributed by atoms with van der Waals surface area (Å²) >= 11 is 0. The lowest BCUT2D eigenvalue weighted by molar-refractivity contribution is -0.135. The van der Waals surface area contributed by atoms with Crippen molar-refractivity contribution in [1.82, 2.24) is 10.2 Å². The van der Waals surface area contributed by atoms with E-state index in [1.54, 1.807) is 7.11 Å². The Balaban J connectivity index is 1.89. The van der Waals surface area contributed by atoms with Gasteiger partial charge in [-0.1, -0.05) is 30.3 Å². The van der Waals surface area contributed by atoms with E-state index in [2.05, 4.69) is 5.32 Å². The molecule has 6 heteroatoms. The Labute approximate surface area is 149 Å². The zero-order chi connectivity index (χ0) is 17.9. The first-order chi connectivity index (χ1) is 12.2. The number of hydrogen-bond donors (Lipinski definition) is 1. The summed E-state index contributed by atoms with van der Waals surface area (Å²) < 4.78 is 10.2. The molecule has 0 unspecified atom stereocenters. The van der Waals surface area contributed by atoms with Crippen LogP contribution >= 0.6 is 0 Å². The van der Waals surface area contributed by atoms with Crippen LogP contribution in [0.4, 0.5) is 0 Å². The number of carbonyl (C=O) groups excluding carboxylic acids is 2. The maximum Gasteiger partial charge on any atom is 0.245 e. The van der Waals surface area contributed by atoms with Crippen LogP contribution in [0.25, 0.3) is 0 Å². The fourth-order valence-corrected chi connectivity index (χ4v) is 2.88. The van der Waals surface area contributed by atoms with E-state index in [0.717, 1.165) is 31.5 Å². The molecule has 1 N–H and O–H groups in total. The van der Waals surface area contributed by atoms with Gasteiger partial charge in [0.2, 0.25) is 11.8 Å². The van der Waals surface area contributed by atoms with E-state index in [-0.39, 0.29) is 18.2 Å². The second-order valence-corrected chi connectivity index (χ2v) is 6.20. The Kier molecular flexibility index (Phi) is 8.42. The maximum atomic E-state index is 12.8. The van der Waals surface area contributed by atoms with Crippen LogP contribution in [-0.2, 0) is 25.5 Å². The molecule has 0 aliphatic carbocycles. The van der Waals surface area contributed by atoms with Crippen LogP contribution in [0.2, 0.25) is 0 Å². The molecule has 1 heterocycles. The van der Waals surface area contributed by atoms with Gasteiger partial charge in [-0.15, -0.1) is 0 Å². The van der Waals surface area contributed by atoms with Gasteiger partial charge in [0.15, 0.2) is 0 Å². The molecule has 0 bridgehead atoms. The number of nitrogens with one attached hydrogen (secondary N) is 1. The van der Waals surface area contributed by atoms with Crippen LogP contribution in [0.15, 0.2) is 30.3 Å². The Morgan fingerprint density at radius 1 is 1.12 bits per heavy atom. The first-order valence-corrected chi connectivity index (χ1v) is 8.89. The molecule has 1 aromatic rings. The number of benzene rings is 1. The van der Waals surface area contributed by atoms with Crippen molar-refractivity contribution in [3.63, 3.8) is 0 Å². The topological polar surface area (TPSA) is 67.9 Å². The molecule has 1 saturated heterocycles. The van der Waals surface area contributed by atoms with Gasteiger partial charge >= 0.3 is 0 Å². The molecular weight excluding hydrogens is 320 g/mol. The van der Waals surface area contributed by atoms with Gasteiger partial charge in [0.1, 0.15) is 6.04 Å². The van der Waals surface area contributed by atoms with Crippen LogP contribution in [0.5, 0.6) is 0 Å². The Bertz CT molecular complexity index is 529. The third-order valence-electron chi connectivity index (χ3n) is 4.24. The van der Waals surface area contributed by atoms with Gasteiger partial charge < -0.3 is 19.7 Å². The molecule has 0 aromatic heterocycles. The van der Waals surface area contributed by atoms with Gasteiger partial charge in [0.25, 0.3) is 0 Å². The van der Waals surface area contributed by atoms with Gasteiger partial charge in [0.05, 0.1) is 19.8 Å². The summed E-state index contributed by atoms with van der Waals surface area (Å²) in [4.78, 5) is 26.8. The Morgan fingerprint density at radius 3 is 2.52 bits per heavy atom. The maximum absolute atomic E-state index is 12.8. The molecular formula is C19H28N2O4. The SMILES string of the molecule is COCCOCCC(=O)N[C@@H](Cc1ccccc1)C(=O)N1CCCC1. The van der Waals surface area contributed by atoms with Crippen molar-refractivity contribution in [2.75, 3.05) is 40.0 Å². The van der Waals surface area contributed by atoms with Crippen molar-refractivity contribution in [3.8, 4) is 0 Å². The summed E-state index contributed by atoms with van der Waals surface area (Å²) in [6, 6.07) is 9.26. The average Bonchev–Trinajstić information content (AvgIpc) is 3.16. The fourth-order valence-electron chi connectivity index (χ4n) is 2.88. The first-order valence-electron chi connectivity index (χ1n) is 8.89. The zero-order valence-corrected chi connectivity index (χ0v) is 14.9. The number of carbonyl (C=O) groups is 2. The van der Waals surface area contributed by atoms with Crippen LogP contribution in [0, 0.1) is 0 Å². The van der Waals surface area contributed by atoms with Crippen LogP contribution < -0.4 is 5.32 Å². The quantitative estimate of drug-likeness (QED) is 0.649. The number of ether oxygens (including phenoxy) is 2. The van der Waals surface area contributed by atoms with E-state index in [0.29, 0.717) is 26.2 Å². The molecule has 1 atom stereocenters. The normalized spacial score (nSPS) is 15.2. The second kappa shape index (κ2) is 10.8. The number of likely N-dealkylation sites (tertiary alicyclic amines) is 1. The largest absolute Gasteiger partial charge is 0.382 e. The molecule has 6 nitrogen and oxygen atoms in total. The lowest BCUT2D eigenvalue weighted by atomic mass is 10.0. The average molecular weight is 348 g/mol. The van der Waals surface area contributed by atoms with Crippen LogP contribution in [-0.4, -0.2) is 62.8 Å². The Hall–Kier alpha value is -1.92. The highest BCUT2D eigenvalue weighted by Crippen LogP contribution is 2.12. The van der Waals surface area contributed by atoms with E-state index in [1.807, 2.05) is 35.2 Å². The monoisotopic (exact) mass is 348 g/mol. The number of amides is 2. The highest BCUT2D eigenvalue weighted by molar-refractivity contribution is 5.88. The molecule has 1 aliphatic rings. The van der Waals surface area contributed by atoms with Crippen molar-refractivity contribution >= 4 is 11.8 Å². The summed E-state index contributed by atoms with van der Waals surface area (Å²) in [5.41, 5.74) is 1.04. The van der Waals surface area contributed by atoms with E-state index in [9.17, 15) is 9.59 Å². The predicted octanol–water partition coefficient (Wildman–Crippen LogP) is 1.39. The summed E-state index contributed by atoms with van der Waals surface area (Å²) in [7, 11) is 1.61. The number of methoxy groups -OCH3 is 1. The number of hydrogen-bond acceptors (Lipinski definition) is 4. The molecule has 0 saturated carbocycles. The fraction of sp³-hybridized carbons (Fsp3) is 0.579. The van der Waals surface area contributed by atoms with Gasteiger partial charge in [-0.05, 0) is 18.4 Å². The van der Waals surface area contributed by atoms with Gasteiger partial charge in [-0.3, -0.25) is 9.59 Å². The minimum absolute atomic E-state index is 0.00926. The first kappa shape index (κ1) is 19.4. The van der Waals surface area contributed by atoms with Crippen molar-refractivity contribution in [3.05, 3.63) is 35.9 Å². The molecule has 138 valence electrons. The van der Waals surface area contributed by atoms with Crippen molar-refractivity contribution < 1.29 is 19.1 Å². The zero-order valence-electron chi connectivity index (χ0n) is 14.9. The minimum atomic E-state index is -0.521. The van der Waals surface area contributed by atoms with Crippen LogP contribution in [0.3, 0.4) is 0 Å². The summed E-state index contributed by atoms with van der Waals surface area (Å²) in [5, 5.41) is 2.89. The molecule has 2 amide bonds. The third-order valence-corrected chi connectivity index (χ3v) is 4.24. The molecule has 1 aliphatic heterocycles. The number of nitrogens with zero attached hydrogens (tertiary/aromatic N) is 1. The molecule has 1 aromatic carbocycles. The Morgan fingerprint density at radius 2 is 1.84 bits per heavy atom. The van der Waals surface area contributed by atoms with Crippen molar-refractivity contribution in [1.29, 1.82) is 0 Å². The highest BCUT2D eigenvalue weighted by Gasteiger charge is 2.27. The minimum Gasteiger partial charge on any atom is -0.382 e. The van der Waals surface area contributed by atoms with Gasteiger partial charge in [0, 0.05) is 33.0 Å². The number of rotatable bonds is 10. The van der Waals surface area contributed by atoms with E-state index >= 15 is 0 Å². The summed E-state index contributed by atoms with van der Waals surface area (Å²) in [6.07, 6.45) is 2.81. The van der Waals surface area contributed by atoms with E-state index in [4.69, 9.17) is 9.47 Å². The van der Waals surface area contributed by atoms with Crippen molar-refractivity contribution in [2.24, 2.45) is 0 Å². The van der Waals surface area contributed by atoms with E-state index in [1.165, 1.54) is 0 Å². The molecule has 2 rings (SSSR count). The molecule has 25 heavy (non-hydrogen) atoms. The summed E-state index contributed by atoms with van der Waals surface area (Å²) in [5.74, 6) is -0.152. The van der Waals surface area contributed by atoms with Crippen molar-refractivity contribution in [2.45, 2.75) is 31.7 Å². The highest BCUT2D eigenvalue weighted by atomic mass is 16.5.